The van der Waals surface area contributed by atoms with Crippen molar-refractivity contribution in [3.8, 4) is 0 Å². The molecule has 1 amide bonds. The predicted molar refractivity (Wildman–Crippen MR) is 125 cm³/mol. The van der Waals surface area contributed by atoms with E-state index in [0.29, 0.717) is 50.4 Å². The molecule has 0 saturated carbocycles. The number of amides is 1. The van der Waals surface area contributed by atoms with Gasteiger partial charge in [0.15, 0.2) is 0 Å². The summed E-state index contributed by atoms with van der Waals surface area (Å²) in [6.45, 7) is 4.76. The fraction of sp³-hybridized carbons (Fsp3) is 0.542. The minimum atomic E-state index is -0.380. The van der Waals surface area contributed by atoms with Crippen molar-refractivity contribution in [1.82, 2.24) is 20.4 Å². The SMILES string of the molecule is CCn1nc(CCCOC(=O)c2cccc(C(N)NC)c2)c2c1C(=O)NCCCOCCC2. The molecular weight excluding hydrogens is 422 g/mol. The topological polar surface area (TPSA) is 121 Å². The minimum Gasteiger partial charge on any atom is -0.462 e. The number of esters is 1. The Morgan fingerprint density at radius 3 is 2.97 bits per heavy atom. The zero-order valence-electron chi connectivity index (χ0n) is 19.6. The second-order valence-corrected chi connectivity index (χ2v) is 8.05. The molecule has 0 aliphatic carbocycles. The van der Waals surface area contributed by atoms with Crippen molar-refractivity contribution in [3.05, 3.63) is 52.3 Å². The number of carbonyl (C=O) groups excluding carboxylic acids is 2. The highest BCUT2D eigenvalue weighted by molar-refractivity contribution is 5.94. The van der Waals surface area contributed by atoms with Crippen molar-refractivity contribution < 1.29 is 19.1 Å². The Labute approximate surface area is 195 Å². The van der Waals surface area contributed by atoms with E-state index in [0.717, 1.165) is 36.1 Å². The van der Waals surface area contributed by atoms with Crippen LogP contribution in [-0.4, -0.2) is 55.1 Å². The molecule has 0 radical (unpaired) electrons. The van der Waals surface area contributed by atoms with Gasteiger partial charge in [-0.2, -0.15) is 5.10 Å². The standard InChI is InChI=1S/C24H35N5O4/c1-3-29-21-19(10-5-13-32-14-7-12-27-23(21)30)20(28-29)11-6-15-33-24(31)18-9-4-8-17(16-18)22(25)26-2/h4,8-9,16,22,26H,3,5-7,10-15,25H2,1-2H3,(H,27,30). The van der Waals surface area contributed by atoms with Crippen LogP contribution in [0.2, 0.25) is 0 Å². The van der Waals surface area contributed by atoms with Gasteiger partial charge >= 0.3 is 5.97 Å². The van der Waals surface area contributed by atoms with Gasteiger partial charge in [0.25, 0.3) is 5.91 Å². The molecule has 33 heavy (non-hydrogen) atoms. The van der Waals surface area contributed by atoms with Gasteiger partial charge in [-0.15, -0.1) is 0 Å². The van der Waals surface area contributed by atoms with Crippen LogP contribution in [0.1, 0.15) is 70.0 Å². The van der Waals surface area contributed by atoms with Gasteiger partial charge in [0.2, 0.25) is 0 Å². The van der Waals surface area contributed by atoms with E-state index >= 15 is 0 Å². The quantitative estimate of drug-likeness (QED) is 0.315. The van der Waals surface area contributed by atoms with Crippen molar-refractivity contribution in [1.29, 1.82) is 0 Å². The lowest BCUT2D eigenvalue weighted by atomic mass is 10.0. The summed E-state index contributed by atoms with van der Waals surface area (Å²) >= 11 is 0. The monoisotopic (exact) mass is 457 g/mol. The van der Waals surface area contributed by atoms with E-state index < -0.39 is 0 Å². The van der Waals surface area contributed by atoms with Crippen LogP contribution in [0.15, 0.2) is 24.3 Å². The van der Waals surface area contributed by atoms with E-state index in [9.17, 15) is 9.59 Å². The van der Waals surface area contributed by atoms with Crippen LogP contribution in [0.5, 0.6) is 0 Å². The summed E-state index contributed by atoms with van der Waals surface area (Å²) in [6, 6.07) is 7.11. The van der Waals surface area contributed by atoms with E-state index in [1.807, 2.05) is 13.0 Å². The van der Waals surface area contributed by atoms with Gasteiger partial charge in [-0.1, -0.05) is 12.1 Å². The second-order valence-electron chi connectivity index (χ2n) is 8.05. The summed E-state index contributed by atoms with van der Waals surface area (Å²) in [5.41, 5.74) is 9.76. The lowest BCUT2D eigenvalue weighted by molar-refractivity contribution is 0.0500. The molecule has 1 aliphatic rings. The summed E-state index contributed by atoms with van der Waals surface area (Å²) in [5.74, 6) is -0.464. The van der Waals surface area contributed by atoms with Gasteiger partial charge in [0, 0.05) is 31.9 Å². The van der Waals surface area contributed by atoms with Crippen molar-refractivity contribution in [3.63, 3.8) is 0 Å². The molecule has 0 saturated heterocycles. The number of aryl methyl sites for hydroxylation is 2. The molecule has 3 rings (SSSR count). The Hall–Kier alpha value is -2.75. The van der Waals surface area contributed by atoms with E-state index in [1.165, 1.54) is 0 Å². The van der Waals surface area contributed by atoms with Gasteiger partial charge < -0.3 is 25.8 Å². The maximum Gasteiger partial charge on any atom is 0.338 e. The van der Waals surface area contributed by atoms with Crippen LogP contribution in [0, 0.1) is 0 Å². The van der Waals surface area contributed by atoms with Gasteiger partial charge in [-0.25, -0.2) is 4.79 Å². The number of benzene rings is 1. The number of carbonyl (C=O) groups is 2. The van der Waals surface area contributed by atoms with Crippen molar-refractivity contribution in [2.24, 2.45) is 5.73 Å². The maximum absolute atomic E-state index is 12.8. The second kappa shape index (κ2) is 12.5. The molecule has 1 aliphatic heterocycles. The molecular formula is C24H35N5O4. The predicted octanol–water partition coefficient (Wildman–Crippen LogP) is 1.95. The number of aromatic nitrogens is 2. The first-order chi connectivity index (χ1) is 16.0. The molecule has 2 heterocycles. The van der Waals surface area contributed by atoms with Crippen molar-refractivity contribution in [2.75, 3.05) is 33.4 Å². The van der Waals surface area contributed by atoms with Crippen LogP contribution in [-0.2, 0) is 28.9 Å². The number of nitrogens with two attached hydrogens (primary N) is 1. The third kappa shape index (κ3) is 6.63. The molecule has 1 aromatic carbocycles. The van der Waals surface area contributed by atoms with Crippen LogP contribution < -0.4 is 16.4 Å². The fourth-order valence-electron chi connectivity index (χ4n) is 3.92. The number of fused-ring (bicyclic) bond motifs is 1. The number of hydrogen-bond acceptors (Lipinski definition) is 7. The first-order valence-electron chi connectivity index (χ1n) is 11.7. The molecule has 0 bridgehead atoms. The molecule has 2 aromatic rings. The van der Waals surface area contributed by atoms with Gasteiger partial charge in [0.05, 0.1) is 24.0 Å². The molecule has 1 aromatic heterocycles. The highest BCUT2D eigenvalue weighted by Crippen LogP contribution is 2.20. The molecule has 1 unspecified atom stereocenters. The molecule has 4 N–H and O–H groups in total. The maximum atomic E-state index is 12.8. The third-order valence-electron chi connectivity index (χ3n) is 5.70. The molecule has 9 nitrogen and oxygen atoms in total. The summed E-state index contributed by atoms with van der Waals surface area (Å²) in [4.78, 5) is 25.3. The number of ether oxygens (including phenoxy) is 2. The largest absolute Gasteiger partial charge is 0.462 e. The van der Waals surface area contributed by atoms with Gasteiger partial charge in [0.1, 0.15) is 5.69 Å². The molecule has 1 atom stereocenters. The summed E-state index contributed by atoms with van der Waals surface area (Å²) < 4.78 is 12.9. The van der Waals surface area contributed by atoms with Crippen LogP contribution in [0.3, 0.4) is 0 Å². The average Bonchev–Trinajstić information content (AvgIpc) is 3.18. The minimum absolute atomic E-state index is 0.0846. The van der Waals surface area contributed by atoms with Crippen molar-refractivity contribution >= 4 is 11.9 Å². The highest BCUT2D eigenvalue weighted by Gasteiger charge is 2.23. The molecule has 0 spiro atoms. The zero-order chi connectivity index (χ0) is 23.6. The Kier molecular flexibility index (Phi) is 9.41. The number of nitrogens with zero attached hydrogens (tertiary/aromatic N) is 2. The first-order valence-corrected chi connectivity index (χ1v) is 11.7. The Morgan fingerprint density at radius 2 is 2.18 bits per heavy atom. The molecule has 0 fully saturated rings. The van der Waals surface area contributed by atoms with E-state index in [-0.39, 0.29) is 24.6 Å². The first kappa shape index (κ1) is 24.9. The van der Waals surface area contributed by atoms with Gasteiger partial charge in [-0.3, -0.25) is 9.48 Å². The van der Waals surface area contributed by atoms with Crippen LogP contribution in [0.4, 0.5) is 0 Å². The Balaban J connectivity index is 1.63. The number of rotatable bonds is 8. The zero-order valence-corrected chi connectivity index (χ0v) is 19.6. The van der Waals surface area contributed by atoms with Crippen LogP contribution in [0.25, 0.3) is 0 Å². The summed E-state index contributed by atoms with van der Waals surface area (Å²) in [5, 5.41) is 10.6. The van der Waals surface area contributed by atoms with E-state index in [2.05, 4.69) is 10.6 Å². The highest BCUT2D eigenvalue weighted by atomic mass is 16.5. The lowest BCUT2D eigenvalue weighted by Gasteiger charge is -2.12. The van der Waals surface area contributed by atoms with Crippen molar-refractivity contribution in [2.45, 2.75) is 51.7 Å². The summed E-state index contributed by atoms with van der Waals surface area (Å²) in [7, 11) is 1.76. The fourth-order valence-corrected chi connectivity index (χ4v) is 3.92. The van der Waals surface area contributed by atoms with E-state index in [1.54, 1.807) is 29.9 Å². The normalized spacial score (nSPS) is 15.8. The van der Waals surface area contributed by atoms with Crippen LogP contribution >= 0.6 is 0 Å². The van der Waals surface area contributed by atoms with E-state index in [4.69, 9.17) is 20.3 Å². The molecule has 180 valence electrons. The number of hydrogen-bond donors (Lipinski definition) is 3. The smallest absolute Gasteiger partial charge is 0.338 e. The Morgan fingerprint density at radius 1 is 1.36 bits per heavy atom. The number of nitrogens with one attached hydrogen (secondary N) is 2. The lowest BCUT2D eigenvalue weighted by Crippen LogP contribution is -2.28. The van der Waals surface area contributed by atoms with Gasteiger partial charge in [-0.05, 0) is 63.8 Å². The Bertz CT molecular complexity index is 943. The molecule has 9 heteroatoms. The third-order valence-corrected chi connectivity index (χ3v) is 5.70. The average molecular weight is 458 g/mol. The summed E-state index contributed by atoms with van der Waals surface area (Å²) in [6.07, 6.45) is 3.27.